The van der Waals surface area contributed by atoms with Crippen LogP contribution in [0.4, 0.5) is 0 Å². The van der Waals surface area contributed by atoms with Gasteiger partial charge < -0.3 is 4.74 Å². The molecule has 0 N–H and O–H groups in total. The zero-order chi connectivity index (χ0) is 14.7. The van der Waals surface area contributed by atoms with Gasteiger partial charge in [-0.05, 0) is 19.9 Å². The second-order valence-corrected chi connectivity index (χ2v) is 4.34. The van der Waals surface area contributed by atoms with Crippen LogP contribution in [0.15, 0.2) is 35.1 Å². The van der Waals surface area contributed by atoms with Gasteiger partial charge in [-0.25, -0.2) is 0 Å². The Balaban J connectivity index is 2.62. The van der Waals surface area contributed by atoms with E-state index in [1.807, 2.05) is 0 Å². The number of esters is 1. The third-order valence-electron chi connectivity index (χ3n) is 2.98. The van der Waals surface area contributed by atoms with Gasteiger partial charge in [-0.3, -0.25) is 19.0 Å². The topological polar surface area (TPSA) is 65.4 Å². The number of hydrogen-bond donors (Lipinski definition) is 0. The van der Waals surface area contributed by atoms with Crippen molar-refractivity contribution in [2.75, 3.05) is 6.61 Å². The van der Waals surface area contributed by atoms with E-state index in [-0.39, 0.29) is 24.5 Å². The van der Waals surface area contributed by atoms with Crippen LogP contribution in [0.25, 0.3) is 11.3 Å². The highest BCUT2D eigenvalue weighted by Gasteiger charge is 2.23. The molecule has 0 bridgehead atoms. The van der Waals surface area contributed by atoms with Crippen molar-refractivity contribution in [3.8, 4) is 11.3 Å². The first kappa shape index (κ1) is 14.0. The van der Waals surface area contributed by atoms with Gasteiger partial charge >= 0.3 is 5.97 Å². The van der Waals surface area contributed by atoms with Gasteiger partial charge in [0, 0.05) is 5.56 Å². The largest absolute Gasteiger partial charge is 0.465 e. The molecular weight excluding hydrogens is 258 g/mol. The molecule has 0 fully saturated rings. The molecule has 0 radical (unpaired) electrons. The summed E-state index contributed by atoms with van der Waals surface area (Å²) in [7, 11) is 0. The Kier molecular flexibility index (Phi) is 3.98. The number of nitrogens with zero attached hydrogens (tertiary/aromatic N) is 1. The molecule has 0 atom stereocenters. The number of ether oxygens (including phenoxy) is 1. The first-order valence-corrected chi connectivity index (χ1v) is 6.34. The molecule has 0 saturated heterocycles. The summed E-state index contributed by atoms with van der Waals surface area (Å²) in [5.74, 6) is -0.808. The fraction of sp³-hybridized carbons (Fsp3) is 0.267. The minimum Gasteiger partial charge on any atom is -0.465 e. The molecule has 1 heterocycles. The highest BCUT2D eigenvalue weighted by atomic mass is 16.5. The van der Waals surface area contributed by atoms with Crippen LogP contribution < -0.4 is 5.56 Å². The summed E-state index contributed by atoms with van der Waals surface area (Å²) < 4.78 is 6.14. The zero-order valence-electron chi connectivity index (χ0n) is 11.4. The molecule has 0 aromatic rings. The second kappa shape index (κ2) is 5.69. The lowest BCUT2D eigenvalue weighted by Crippen LogP contribution is -2.24. The molecule has 0 spiro atoms. The van der Waals surface area contributed by atoms with E-state index < -0.39 is 11.5 Å². The van der Waals surface area contributed by atoms with Crippen molar-refractivity contribution in [3.63, 3.8) is 0 Å². The van der Waals surface area contributed by atoms with Gasteiger partial charge in [-0.1, -0.05) is 24.3 Å². The van der Waals surface area contributed by atoms with E-state index in [0.717, 1.165) is 0 Å². The summed E-state index contributed by atoms with van der Waals surface area (Å²) in [6.45, 7) is 3.10. The fourth-order valence-corrected chi connectivity index (χ4v) is 2.18. The molecule has 2 aliphatic rings. The van der Waals surface area contributed by atoms with Crippen LogP contribution in [0.3, 0.4) is 0 Å². The van der Waals surface area contributed by atoms with E-state index in [1.165, 1.54) is 11.5 Å². The van der Waals surface area contributed by atoms with Crippen molar-refractivity contribution in [1.29, 1.82) is 0 Å². The Hall–Kier alpha value is -2.43. The van der Waals surface area contributed by atoms with Crippen LogP contribution in [0.1, 0.15) is 24.2 Å². The SMILES string of the molecule is CCOC(=O)Cn1c2cccccc-2c(C(C)=O)c1=O. The van der Waals surface area contributed by atoms with Crippen LogP contribution in [0.5, 0.6) is 0 Å². The molecule has 5 heteroatoms. The second-order valence-electron chi connectivity index (χ2n) is 4.34. The summed E-state index contributed by atoms with van der Waals surface area (Å²) in [6.07, 6.45) is 0. The number of carbonyl (C=O) groups excluding carboxylic acids is 2. The molecule has 2 rings (SSSR count). The lowest BCUT2D eigenvalue weighted by atomic mass is 10.1. The Morgan fingerprint density at radius 3 is 2.55 bits per heavy atom. The van der Waals surface area contributed by atoms with E-state index in [9.17, 15) is 14.4 Å². The number of rotatable bonds is 4. The third-order valence-corrected chi connectivity index (χ3v) is 2.98. The minimum absolute atomic E-state index is 0.112. The van der Waals surface area contributed by atoms with Crippen molar-refractivity contribution in [3.05, 3.63) is 46.2 Å². The van der Waals surface area contributed by atoms with Gasteiger partial charge in [0.25, 0.3) is 5.56 Å². The van der Waals surface area contributed by atoms with Crippen molar-refractivity contribution in [2.24, 2.45) is 0 Å². The first-order valence-electron chi connectivity index (χ1n) is 6.34. The van der Waals surface area contributed by atoms with Crippen LogP contribution in [0.2, 0.25) is 0 Å². The number of ketones is 1. The van der Waals surface area contributed by atoms with Crippen LogP contribution in [-0.4, -0.2) is 22.9 Å². The number of Topliss-reactive ketones (excluding diaryl/α,β-unsaturated/α-hetero) is 1. The molecule has 1 aliphatic carbocycles. The fourth-order valence-electron chi connectivity index (χ4n) is 2.18. The van der Waals surface area contributed by atoms with Gasteiger partial charge in [0.2, 0.25) is 0 Å². The maximum atomic E-state index is 12.3. The number of carbonyl (C=O) groups is 2. The summed E-state index contributed by atoms with van der Waals surface area (Å²) in [5.41, 5.74) is 0.766. The van der Waals surface area contributed by atoms with Gasteiger partial charge in [-0.15, -0.1) is 0 Å². The van der Waals surface area contributed by atoms with Crippen molar-refractivity contribution < 1.29 is 14.3 Å². The predicted molar refractivity (Wildman–Crippen MR) is 74.0 cm³/mol. The molecule has 5 nitrogen and oxygen atoms in total. The predicted octanol–water partition coefficient (Wildman–Crippen LogP) is 1.72. The standard InChI is InChI=1S/C15H15NO4/c1-3-20-13(18)9-16-12-8-6-4-5-7-11(12)14(10(2)17)15(16)19/h4-8H,3,9H2,1-2H3. The Morgan fingerprint density at radius 2 is 1.90 bits per heavy atom. The summed E-state index contributed by atoms with van der Waals surface area (Å²) >= 11 is 0. The smallest absolute Gasteiger partial charge is 0.326 e. The Labute approximate surface area is 116 Å². The average Bonchev–Trinajstić information content (AvgIpc) is 2.55. The maximum Gasteiger partial charge on any atom is 0.326 e. The monoisotopic (exact) mass is 273 g/mol. The first-order chi connectivity index (χ1) is 9.56. The average molecular weight is 273 g/mol. The summed E-state index contributed by atoms with van der Waals surface area (Å²) in [6, 6.07) is 8.72. The van der Waals surface area contributed by atoms with Crippen molar-refractivity contribution in [1.82, 2.24) is 4.57 Å². The normalized spacial score (nSPS) is 10.5. The highest BCUT2D eigenvalue weighted by molar-refractivity contribution is 6.01. The summed E-state index contributed by atoms with van der Waals surface area (Å²) in [4.78, 5) is 35.6. The quantitative estimate of drug-likeness (QED) is 0.628. The van der Waals surface area contributed by atoms with E-state index in [1.54, 1.807) is 37.3 Å². The van der Waals surface area contributed by atoms with Crippen LogP contribution >= 0.6 is 0 Å². The highest BCUT2D eigenvalue weighted by Crippen LogP contribution is 2.24. The molecular formula is C15H15NO4. The molecule has 0 saturated carbocycles. The van der Waals surface area contributed by atoms with Gasteiger partial charge in [0.1, 0.15) is 6.54 Å². The van der Waals surface area contributed by atoms with Gasteiger partial charge in [0.05, 0.1) is 17.9 Å². The number of hydrogen-bond acceptors (Lipinski definition) is 4. The molecule has 0 amide bonds. The minimum atomic E-state index is -0.497. The van der Waals surface area contributed by atoms with E-state index in [0.29, 0.717) is 11.3 Å². The lowest BCUT2D eigenvalue weighted by molar-refractivity contribution is -0.143. The lowest BCUT2D eigenvalue weighted by Gasteiger charge is -2.05. The van der Waals surface area contributed by atoms with Gasteiger partial charge in [-0.2, -0.15) is 0 Å². The summed E-state index contributed by atoms with van der Waals surface area (Å²) in [5, 5.41) is 0. The number of fused-ring (bicyclic) bond motifs is 1. The molecule has 104 valence electrons. The third kappa shape index (κ3) is 2.47. The maximum absolute atomic E-state index is 12.3. The van der Waals surface area contributed by atoms with Crippen LogP contribution in [0, 0.1) is 0 Å². The zero-order valence-corrected chi connectivity index (χ0v) is 11.4. The Bertz CT molecular complexity index is 687. The van der Waals surface area contributed by atoms with E-state index in [4.69, 9.17) is 4.74 Å². The van der Waals surface area contributed by atoms with E-state index >= 15 is 0 Å². The van der Waals surface area contributed by atoms with Crippen molar-refractivity contribution in [2.45, 2.75) is 20.4 Å². The molecule has 1 aliphatic heterocycles. The molecule has 0 aromatic heterocycles. The molecule has 0 unspecified atom stereocenters. The molecule has 20 heavy (non-hydrogen) atoms. The molecule has 0 aromatic carbocycles. The Morgan fingerprint density at radius 1 is 1.20 bits per heavy atom. The van der Waals surface area contributed by atoms with Crippen molar-refractivity contribution >= 4 is 11.8 Å². The number of aromatic nitrogens is 1. The van der Waals surface area contributed by atoms with E-state index in [2.05, 4.69) is 0 Å². The van der Waals surface area contributed by atoms with Gasteiger partial charge in [0.15, 0.2) is 5.78 Å². The van der Waals surface area contributed by atoms with Crippen LogP contribution in [-0.2, 0) is 16.1 Å².